The van der Waals surface area contributed by atoms with Crippen molar-refractivity contribution in [1.29, 1.82) is 0 Å². The lowest BCUT2D eigenvalue weighted by Gasteiger charge is -2.01. The third-order valence-electron chi connectivity index (χ3n) is 1.74. The summed E-state index contributed by atoms with van der Waals surface area (Å²) in [5.74, 6) is 0. The summed E-state index contributed by atoms with van der Waals surface area (Å²) in [6.45, 7) is 10.6. The summed E-state index contributed by atoms with van der Waals surface area (Å²) in [6.07, 6.45) is 4.81. The van der Waals surface area contributed by atoms with E-state index in [0.717, 1.165) is 24.3 Å². The fourth-order valence-electron chi connectivity index (χ4n) is 1.01. The molecule has 0 heterocycles. The van der Waals surface area contributed by atoms with Gasteiger partial charge in [-0.2, -0.15) is 0 Å². The normalized spacial score (nSPS) is 13.7. The van der Waals surface area contributed by atoms with Gasteiger partial charge in [-0.15, -0.1) is 0 Å². The van der Waals surface area contributed by atoms with Crippen LogP contribution in [0.25, 0.3) is 0 Å². The topological polar surface area (TPSA) is 24.7 Å². The van der Waals surface area contributed by atoms with E-state index in [1.54, 1.807) is 7.05 Å². The minimum Gasteiger partial charge on any atom is -0.296 e. The molecule has 0 aromatic carbocycles. The molecule has 2 heteroatoms. The summed E-state index contributed by atoms with van der Waals surface area (Å²) in [5.41, 5.74) is 3.42. The van der Waals surface area contributed by atoms with Gasteiger partial charge < -0.3 is 0 Å². The molecule has 0 saturated carbocycles. The van der Waals surface area contributed by atoms with E-state index in [1.165, 1.54) is 5.57 Å². The summed E-state index contributed by atoms with van der Waals surface area (Å²) >= 11 is 0. The lowest BCUT2D eigenvalue weighted by atomic mass is 10.1. The molecule has 0 atom stereocenters. The molecule has 0 aliphatic carbocycles. The van der Waals surface area contributed by atoms with Crippen LogP contribution in [0.3, 0.4) is 0 Å². The summed E-state index contributed by atoms with van der Waals surface area (Å²) in [7, 11) is 1.78. The van der Waals surface area contributed by atoms with Crippen LogP contribution in [0.15, 0.2) is 33.8 Å². The van der Waals surface area contributed by atoms with Crippen LogP contribution in [0, 0.1) is 0 Å². The maximum atomic E-state index is 4.41. The van der Waals surface area contributed by atoms with Gasteiger partial charge in [0, 0.05) is 25.4 Å². The van der Waals surface area contributed by atoms with E-state index in [-0.39, 0.29) is 0 Å². The molecule has 0 bridgehead atoms. The fourth-order valence-corrected chi connectivity index (χ4v) is 1.01. The van der Waals surface area contributed by atoms with Crippen molar-refractivity contribution in [2.45, 2.75) is 27.2 Å². The van der Waals surface area contributed by atoms with Gasteiger partial charge in [0.05, 0.1) is 6.54 Å². The molecule has 0 amide bonds. The highest BCUT2D eigenvalue weighted by molar-refractivity contribution is 5.92. The van der Waals surface area contributed by atoms with Gasteiger partial charge in [-0.25, -0.2) is 0 Å². The van der Waals surface area contributed by atoms with Crippen molar-refractivity contribution in [3.63, 3.8) is 0 Å². The van der Waals surface area contributed by atoms with Crippen LogP contribution in [0.2, 0.25) is 0 Å². The van der Waals surface area contributed by atoms with Crippen molar-refractivity contribution in [3.05, 3.63) is 23.8 Å². The number of nitrogens with zero attached hydrogens (tertiary/aromatic N) is 2. The van der Waals surface area contributed by atoms with E-state index in [0.29, 0.717) is 0 Å². The standard InChI is InChI=1S/C12H20N2/c1-6-12(9-13-5)7-11(4)14-8-10(2)3/h6,9H,2,7-8H2,1,3-5H3/b12-6-,13-9-,14-11-. The number of hydrogen-bond donors (Lipinski definition) is 0. The molecule has 0 radical (unpaired) electrons. The molecule has 78 valence electrons. The third kappa shape index (κ3) is 6.35. The second kappa shape index (κ2) is 7.25. The first-order valence-corrected chi connectivity index (χ1v) is 4.81. The Morgan fingerprint density at radius 2 is 2.00 bits per heavy atom. The van der Waals surface area contributed by atoms with Crippen LogP contribution in [-0.2, 0) is 0 Å². The molecule has 0 spiro atoms. The first kappa shape index (κ1) is 12.8. The van der Waals surface area contributed by atoms with Crippen LogP contribution in [-0.4, -0.2) is 25.5 Å². The first-order valence-electron chi connectivity index (χ1n) is 4.81. The molecule has 14 heavy (non-hydrogen) atoms. The SMILES string of the molecule is C=C(C)C/N=C(/C)CC(/C=N\C)=C/C. The van der Waals surface area contributed by atoms with Crippen LogP contribution >= 0.6 is 0 Å². The maximum absolute atomic E-state index is 4.41. The molecule has 0 rings (SSSR count). The van der Waals surface area contributed by atoms with Crippen LogP contribution < -0.4 is 0 Å². The lowest BCUT2D eigenvalue weighted by molar-refractivity contribution is 1.12. The Morgan fingerprint density at radius 3 is 2.43 bits per heavy atom. The minimum absolute atomic E-state index is 0.728. The van der Waals surface area contributed by atoms with Gasteiger partial charge in [-0.3, -0.25) is 9.98 Å². The van der Waals surface area contributed by atoms with Crippen molar-refractivity contribution in [2.24, 2.45) is 9.98 Å². The monoisotopic (exact) mass is 192 g/mol. The Morgan fingerprint density at radius 1 is 1.36 bits per heavy atom. The van der Waals surface area contributed by atoms with E-state index in [9.17, 15) is 0 Å². The highest BCUT2D eigenvalue weighted by atomic mass is 14.7. The van der Waals surface area contributed by atoms with E-state index >= 15 is 0 Å². The van der Waals surface area contributed by atoms with Gasteiger partial charge in [0.2, 0.25) is 0 Å². The summed E-state index contributed by atoms with van der Waals surface area (Å²) in [5, 5.41) is 0. The van der Waals surface area contributed by atoms with Crippen LogP contribution in [0.5, 0.6) is 0 Å². The molecule has 0 N–H and O–H groups in total. The van der Waals surface area contributed by atoms with Crippen molar-refractivity contribution in [2.75, 3.05) is 13.6 Å². The highest BCUT2D eigenvalue weighted by Crippen LogP contribution is 2.01. The largest absolute Gasteiger partial charge is 0.296 e. The van der Waals surface area contributed by atoms with Crippen molar-refractivity contribution < 1.29 is 0 Å². The van der Waals surface area contributed by atoms with Gasteiger partial charge in [0.1, 0.15) is 0 Å². The van der Waals surface area contributed by atoms with Crippen LogP contribution in [0.4, 0.5) is 0 Å². The molecule has 0 unspecified atom stereocenters. The second-order valence-corrected chi connectivity index (χ2v) is 3.44. The summed E-state index contributed by atoms with van der Waals surface area (Å²) < 4.78 is 0. The molecule has 0 aromatic heterocycles. The minimum atomic E-state index is 0.728. The smallest absolute Gasteiger partial charge is 0.0593 e. The Labute approximate surface area is 87.2 Å². The molecule has 0 fully saturated rings. The Kier molecular flexibility index (Phi) is 6.63. The zero-order chi connectivity index (χ0) is 11.0. The van der Waals surface area contributed by atoms with Gasteiger partial charge in [0.25, 0.3) is 0 Å². The first-order chi connectivity index (χ1) is 6.60. The van der Waals surface area contributed by atoms with Gasteiger partial charge >= 0.3 is 0 Å². The molecule has 2 nitrogen and oxygen atoms in total. The molecule has 0 aromatic rings. The molecule has 0 aliphatic rings. The van der Waals surface area contributed by atoms with Gasteiger partial charge in [0.15, 0.2) is 0 Å². The van der Waals surface area contributed by atoms with Crippen molar-refractivity contribution >= 4 is 11.9 Å². The molecule has 0 saturated heterocycles. The van der Waals surface area contributed by atoms with E-state index in [2.05, 4.69) is 22.6 Å². The molecular weight excluding hydrogens is 172 g/mol. The predicted molar refractivity (Wildman–Crippen MR) is 65.6 cm³/mol. The Hall–Kier alpha value is -1.18. The van der Waals surface area contributed by atoms with Gasteiger partial charge in [-0.05, 0) is 26.3 Å². The third-order valence-corrected chi connectivity index (χ3v) is 1.74. The Bertz CT molecular complexity index is 270. The number of rotatable bonds is 5. The van der Waals surface area contributed by atoms with E-state index < -0.39 is 0 Å². The fraction of sp³-hybridized carbons (Fsp3) is 0.500. The highest BCUT2D eigenvalue weighted by Gasteiger charge is 1.95. The maximum Gasteiger partial charge on any atom is 0.0593 e. The lowest BCUT2D eigenvalue weighted by Crippen LogP contribution is -1.98. The summed E-state index contributed by atoms with van der Waals surface area (Å²) in [4.78, 5) is 8.40. The number of aliphatic imine (C=N–C) groups is 2. The van der Waals surface area contributed by atoms with E-state index in [4.69, 9.17) is 0 Å². The average Bonchev–Trinajstić information content (AvgIpc) is 2.14. The Balaban J connectivity index is 4.22. The van der Waals surface area contributed by atoms with Gasteiger partial charge in [-0.1, -0.05) is 18.2 Å². The van der Waals surface area contributed by atoms with E-state index in [1.807, 2.05) is 27.0 Å². The molecule has 0 aliphatic heterocycles. The van der Waals surface area contributed by atoms with Crippen molar-refractivity contribution in [3.8, 4) is 0 Å². The predicted octanol–water partition coefficient (Wildman–Crippen LogP) is 3.06. The number of allylic oxidation sites excluding steroid dienone is 2. The average molecular weight is 192 g/mol. The zero-order valence-electron chi connectivity index (χ0n) is 9.67. The number of hydrogen-bond acceptors (Lipinski definition) is 2. The van der Waals surface area contributed by atoms with Crippen LogP contribution in [0.1, 0.15) is 27.2 Å². The summed E-state index contributed by atoms with van der Waals surface area (Å²) in [6, 6.07) is 0. The quantitative estimate of drug-likeness (QED) is 0.472. The molecular formula is C12H20N2. The van der Waals surface area contributed by atoms with Crippen molar-refractivity contribution in [1.82, 2.24) is 0 Å². The second-order valence-electron chi connectivity index (χ2n) is 3.44. The zero-order valence-corrected chi connectivity index (χ0v) is 9.67.